The molecule has 1 heterocycles. The van der Waals surface area contributed by atoms with E-state index in [4.69, 9.17) is 14.2 Å². The van der Waals surface area contributed by atoms with Crippen LogP contribution in [0.4, 0.5) is 0 Å². The summed E-state index contributed by atoms with van der Waals surface area (Å²) in [5.41, 5.74) is 0. The fourth-order valence-corrected chi connectivity index (χ4v) is 11.3. The van der Waals surface area contributed by atoms with Crippen molar-refractivity contribution in [2.75, 3.05) is 13.2 Å². The van der Waals surface area contributed by atoms with Crippen LogP contribution in [0.15, 0.2) is 72.9 Å². The number of aliphatic hydroxyl groups excluding tert-OH is 5. The van der Waals surface area contributed by atoms with Crippen molar-refractivity contribution >= 4 is 11.9 Å². The number of esters is 1. The van der Waals surface area contributed by atoms with Gasteiger partial charge in [-0.2, -0.15) is 0 Å². The van der Waals surface area contributed by atoms with Gasteiger partial charge >= 0.3 is 5.97 Å². The molecule has 0 aromatic heterocycles. The zero-order valence-electron chi connectivity index (χ0n) is 56.4. The lowest BCUT2D eigenvalue weighted by Gasteiger charge is -2.41. The maximum Gasteiger partial charge on any atom is 0.306 e. The van der Waals surface area contributed by atoms with E-state index in [0.717, 1.165) is 96.3 Å². The third-order valence-corrected chi connectivity index (χ3v) is 17.1. The van der Waals surface area contributed by atoms with Crippen LogP contribution in [0.1, 0.15) is 335 Å². The van der Waals surface area contributed by atoms with Gasteiger partial charge in [0.1, 0.15) is 24.4 Å². The largest absolute Gasteiger partial charge is 0.454 e. The number of aliphatic hydroxyl groups is 5. The molecule has 506 valence electrons. The minimum atomic E-state index is -1.62. The molecule has 11 nitrogen and oxygen atoms in total. The molecule has 6 N–H and O–H groups in total. The minimum absolute atomic E-state index is 0.122. The van der Waals surface area contributed by atoms with E-state index in [2.05, 4.69) is 86.8 Å². The molecule has 8 unspecified atom stereocenters. The van der Waals surface area contributed by atoms with Crippen LogP contribution in [0.5, 0.6) is 0 Å². The molecular weight excluding hydrogens is 1090 g/mol. The number of carbonyl (C=O) groups excluding carboxylic acids is 2. The van der Waals surface area contributed by atoms with E-state index in [1.807, 2.05) is 6.08 Å². The predicted molar refractivity (Wildman–Crippen MR) is 366 cm³/mol. The molecule has 1 saturated heterocycles. The average Bonchev–Trinajstić information content (AvgIpc) is 2.25. The first kappa shape index (κ1) is 82.1. The second kappa shape index (κ2) is 63.3. The first-order valence-electron chi connectivity index (χ1n) is 36.7. The molecule has 11 heteroatoms. The van der Waals surface area contributed by atoms with Crippen LogP contribution in [-0.4, -0.2) is 99.6 Å². The van der Waals surface area contributed by atoms with Gasteiger partial charge in [0.25, 0.3) is 0 Å². The summed E-state index contributed by atoms with van der Waals surface area (Å²) in [5, 5.41) is 57.3. The SMILES string of the molecule is CCCCC/C=C\C/C=C\C/C=C\C/C=C\CCCCCCCCC(O)C(=O)NC(COC1OC(CO)C(O)C(O)C1OC(=O)CCCCCCCCCCCCCCC/C=C/CCCCCCCC)C(O)/C=C/CCCCCCCCCCCCC. The zero-order chi connectivity index (χ0) is 63.1. The molecule has 1 aliphatic rings. The molecular formula is C76H137NO10. The lowest BCUT2D eigenvalue weighted by atomic mass is 9.99. The number of carbonyl (C=O) groups is 2. The molecule has 0 bridgehead atoms. The van der Waals surface area contributed by atoms with Crippen LogP contribution >= 0.6 is 0 Å². The highest BCUT2D eigenvalue weighted by molar-refractivity contribution is 5.80. The van der Waals surface area contributed by atoms with E-state index in [0.29, 0.717) is 12.8 Å². The molecule has 1 fully saturated rings. The molecule has 0 aromatic rings. The Labute approximate surface area is 534 Å². The summed E-state index contributed by atoms with van der Waals surface area (Å²) in [6.07, 6.45) is 72.2. The van der Waals surface area contributed by atoms with E-state index >= 15 is 0 Å². The topological polar surface area (TPSA) is 175 Å². The highest BCUT2D eigenvalue weighted by Gasteiger charge is 2.47. The highest BCUT2D eigenvalue weighted by Crippen LogP contribution is 2.26. The standard InChI is InChI=1S/C76H137NO10/c1-4-7-10-13-16-19-22-25-27-29-31-33-35-37-39-41-43-46-49-52-55-58-61-64-71(81)87-74-73(83)72(82)70(65-78)86-76(74)85-66-67(68(79)62-59-56-53-50-47-44-24-21-18-15-12-9-6-3)77-75(84)69(80)63-60-57-54-51-48-45-42-40-38-36-34-32-30-28-26-23-20-17-14-11-8-5-2/h17,20,25-28,32,34,38,40,59,62,67-70,72-74,76,78-80,82-83H,4-16,18-19,21-24,29-31,33,35-37,39,41-58,60-61,63-66H2,1-3H3,(H,77,84)/b20-17-,27-25+,28-26-,34-32-,40-38-,62-59+. The first-order valence-corrected chi connectivity index (χ1v) is 36.7. The number of hydrogen-bond acceptors (Lipinski definition) is 10. The van der Waals surface area contributed by atoms with Gasteiger partial charge in [0.05, 0.1) is 25.4 Å². The van der Waals surface area contributed by atoms with Crippen LogP contribution in [0.2, 0.25) is 0 Å². The Kier molecular flexibility index (Phi) is 59.7. The van der Waals surface area contributed by atoms with Crippen molar-refractivity contribution in [1.82, 2.24) is 5.32 Å². The van der Waals surface area contributed by atoms with Crippen LogP contribution in [0.3, 0.4) is 0 Å². The number of ether oxygens (including phenoxy) is 3. The summed E-state index contributed by atoms with van der Waals surface area (Å²) < 4.78 is 17.7. The molecule has 8 atom stereocenters. The molecule has 0 spiro atoms. The van der Waals surface area contributed by atoms with Crippen molar-refractivity contribution < 1.29 is 49.3 Å². The van der Waals surface area contributed by atoms with Gasteiger partial charge in [0.15, 0.2) is 12.4 Å². The van der Waals surface area contributed by atoms with Crippen molar-refractivity contribution in [2.45, 2.75) is 384 Å². The van der Waals surface area contributed by atoms with Crippen molar-refractivity contribution in [2.24, 2.45) is 0 Å². The Morgan fingerprint density at radius 2 is 0.793 bits per heavy atom. The molecule has 0 radical (unpaired) electrons. The molecule has 0 aliphatic carbocycles. The van der Waals surface area contributed by atoms with E-state index in [1.54, 1.807) is 6.08 Å². The van der Waals surface area contributed by atoms with Gasteiger partial charge in [-0.05, 0) is 96.3 Å². The monoisotopic (exact) mass is 1220 g/mol. The second-order valence-corrected chi connectivity index (χ2v) is 25.3. The van der Waals surface area contributed by atoms with E-state index in [9.17, 15) is 35.1 Å². The maximum absolute atomic E-state index is 13.5. The van der Waals surface area contributed by atoms with Gasteiger partial charge in [-0.3, -0.25) is 9.59 Å². The lowest BCUT2D eigenvalue weighted by molar-refractivity contribution is -0.305. The summed E-state index contributed by atoms with van der Waals surface area (Å²) >= 11 is 0. The van der Waals surface area contributed by atoms with Crippen LogP contribution < -0.4 is 5.32 Å². The van der Waals surface area contributed by atoms with Crippen molar-refractivity contribution in [3.05, 3.63) is 72.9 Å². The fourth-order valence-electron chi connectivity index (χ4n) is 11.3. The summed E-state index contributed by atoms with van der Waals surface area (Å²) in [4.78, 5) is 26.7. The number of allylic oxidation sites excluding steroid dienone is 11. The molecule has 1 rings (SSSR count). The molecule has 0 saturated carbocycles. The number of amides is 1. The minimum Gasteiger partial charge on any atom is -0.454 e. The Balaban J connectivity index is 2.59. The zero-order valence-corrected chi connectivity index (χ0v) is 56.4. The third-order valence-electron chi connectivity index (χ3n) is 17.1. The van der Waals surface area contributed by atoms with Gasteiger partial charge in [0.2, 0.25) is 5.91 Å². The maximum atomic E-state index is 13.5. The van der Waals surface area contributed by atoms with Gasteiger partial charge < -0.3 is 45.1 Å². The number of rotatable bonds is 63. The summed E-state index contributed by atoms with van der Waals surface area (Å²) in [6.45, 7) is 5.79. The number of unbranched alkanes of at least 4 members (excludes halogenated alkanes) is 39. The number of hydrogen-bond donors (Lipinski definition) is 6. The Morgan fingerprint density at radius 1 is 0.448 bits per heavy atom. The smallest absolute Gasteiger partial charge is 0.306 e. The second-order valence-electron chi connectivity index (χ2n) is 25.3. The Hall–Kier alpha value is -2.90. The van der Waals surface area contributed by atoms with Gasteiger partial charge in [-0.25, -0.2) is 0 Å². The summed E-state index contributed by atoms with van der Waals surface area (Å²) in [6, 6.07) is -1.03. The van der Waals surface area contributed by atoms with E-state index < -0.39 is 67.4 Å². The average molecular weight is 1220 g/mol. The third kappa shape index (κ3) is 50.4. The van der Waals surface area contributed by atoms with Crippen LogP contribution in [0, 0.1) is 0 Å². The van der Waals surface area contributed by atoms with Crippen molar-refractivity contribution in [3.63, 3.8) is 0 Å². The van der Waals surface area contributed by atoms with Gasteiger partial charge in [-0.15, -0.1) is 0 Å². The Bertz CT molecular complexity index is 1690. The quantitative estimate of drug-likeness (QED) is 0.0195. The molecule has 87 heavy (non-hydrogen) atoms. The molecule has 0 aromatic carbocycles. The molecule has 1 amide bonds. The predicted octanol–water partition coefficient (Wildman–Crippen LogP) is 19.1. The lowest BCUT2D eigenvalue weighted by Crippen LogP contribution is -2.61. The van der Waals surface area contributed by atoms with Gasteiger partial charge in [-0.1, -0.05) is 306 Å². The summed E-state index contributed by atoms with van der Waals surface area (Å²) in [5.74, 6) is -1.20. The van der Waals surface area contributed by atoms with Crippen LogP contribution in [0.25, 0.3) is 0 Å². The van der Waals surface area contributed by atoms with E-state index in [-0.39, 0.29) is 19.4 Å². The fraction of sp³-hybridized carbons (Fsp3) is 0.816. The summed E-state index contributed by atoms with van der Waals surface area (Å²) in [7, 11) is 0. The first-order chi connectivity index (χ1) is 42.7. The van der Waals surface area contributed by atoms with Crippen molar-refractivity contribution in [1.29, 1.82) is 0 Å². The highest BCUT2D eigenvalue weighted by atomic mass is 16.7. The van der Waals surface area contributed by atoms with Gasteiger partial charge in [0, 0.05) is 6.42 Å². The Morgan fingerprint density at radius 3 is 1.22 bits per heavy atom. The molecule has 1 aliphatic heterocycles. The van der Waals surface area contributed by atoms with E-state index in [1.165, 1.54) is 193 Å². The number of nitrogens with one attached hydrogen (secondary N) is 1. The van der Waals surface area contributed by atoms with Crippen molar-refractivity contribution in [3.8, 4) is 0 Å². The normalized spacial score (nSPS) is 18.6. The van der Waals surface area contributed by atoms with Crippen LogP contribution in [-0.2, 0) is 23.8 Å².